The first-order valence-corrected chi connectivity index (χ1v) is 9.59. The highest BCUT2D eigenvalue weighted by atomic mass is 35.5. The number of carbonyl (C=O) groups is 1. The van der Waals surface area contributed by atoms with E-state index in [2.05, 4.69) is 4.98 Å². The number of aryl methyl sites for hydroxylation is 2. The van der Waals surface area contributed by atoms with E-state index in [1.165, 1.54) is 18.2 Å². The number of alkyl halides is 1. The Bertz CT molecular complexity index is 802. The molecule has 1 aromatic heterocycles. The van der Waals surface area contributed by atoms with Crippen LogP contribution in [0.25, 0.3) is 0 Å². The van der Waals surface area contributed by atoms with Crippen LogP contribution in [0.3, 0.4) is 0 Å². The lowest BCUT2D eigenvalue weighted by molar-refractivity contribution is 0.0389. The number of hydrogen-bond acceptors (Lipinski definition) is 2. The SMILES string of the molecule is Cc1ccc(CCCC2(F)CCN(C(=O)c3ccc(F)c(Cl)c3)CC2)nc1. The number of aromatic nitrogens is 1. The average molecular weight is 393 g/mol. The molecule has 1 aromatic carbocycles. The van der Waals surface area contributed by atoms with Crippen molar-refractivity contribution in [2.24, 2.45) is 0 Å². The van der Waals surface area contributed by atoms with E-state index in [0.29, 0.717) is 37.9 Å². The first-order valence-electron chi connectivity index (χ1n) is 9.21. The number of amides is 1. The van der Waals surface area contributed by atoms with Gasteiger partial charge in [-0.15, -0.1) is 0 Å². The molecule has 1 amide bonds. The minimum Gasteiger partial charge on any atom is -0.338 e. The summed E-state index contributed by atoms with van der Waals surface area (Å²) in [6.07, 6.45) is 4.40. The van der Waals surface area contributed by atoms with Crippen LogP contribution in [-0.2, 0) is 6.42 Å². The summed E-state index contributed by atoms with van der Waals surface area (Å²) in [5.41, 5.74) is 1.17. The van der Waals surface area contributed by atoms with E-state index in [9.17, 15) is 9.18 Å². The Labute approximate surface area is 163 Å². The lowest BCUT2D eigenvalue weighted by Gasteiger charge is -2.36. The molecule has 0 radical (unpaired) electrons. The van der Waals surface area contributed by atoms with Gasteiger partial charge in [-0.3, -0.25) is 9.78 Å². The number of likely N-dealkylation sites (tertiary alicyclic amines) is 1. The second-order valence-electron chi connectivity index (χ2n) is 7.25. The maximum atomic E-state index is 15.1. The standard InChI is InChI=1S/C21H23ClF2N2O/c1-15-4-6-17(25-14-15)3-2-8-21(24)9-11-26(12-10-21)20(27)16-5-7-19(23)18(22)13-16/h4-7,13-14H,2-3,8-12H2,1H3. The fraction of sp³-hybridized carbons (Fsp3) is 0.429. The third-order valence-corrected chi connectivity index (χ3v) is 5.43. The summed E-state index contributed by atoms with van der Waals surface area (Å²) in [7, 11) is 0. The summed E-state index contributed by atoms with van der Waals surface area (Å²) >= 11 is 5.75. The highest BCUT2D eigenvalue weighted by Crippen LogP contribution is 2.32. The molecule has 3 rings (SSSR count). The smallest absolute Gasteiger partial charge is 0.253 e. The molecule has 6 heteroatoms. The molecule has 27 heavy (non-hydrogen) atoms. The first-order chi connectivity index (χ1) is 12.9. The highest BCUT2D eigenvalue weighted by Gasteiger charge is 2.35. The molecule has 0 N–H and O–H groups in total. The monoisotopic (exact) mass is 392 g/mol. The summed E-state index contributed by atoms with van der Waals surface area (Å²) in [5, 5.41) is -0.0811. The van der Waals surface area contributed by atoms with Gasteiger partial charge in [-0.2, -0.15) is 0 Å². The van der Waals surface area contributed by atoms with Crippen molar-refractivity contribution in [3.63, 3.8) is 0 Å². The van der Waals surface area contributed by atoms with E-state index in [-0.39, 0.29) is 10.9 Å². The van der Waals surface area contributed by atoms with Crippen molar-refractivity contribution in [2.45, 2.75) is 44.7 Å². The lowest BCUT2D eigenvalue weighted by Crippen LogP contribution is -2.44. The van der Waals surface area contributed by atoms with E-state index in [1.54, 1.807) is 4.90 Å². The molecule has 3 nitrogen and oxygen atoms in total. The van der Waals surface area contributed by atoms with Crippen LogP contribution in [0.4, 0.5) is 8.78 Å². The minimum atomic E-state index is -1.25. The molecule has 0 unspecified atom stereocenters. The quantitative estimate of drug-likeness (QED) is 0.705. The zero-order valence-electron chi connectivity index (χ0n) is 15.4. The number of hydrogen-bond donors (Lipinski definition) is 0. The van der Waals surface area contributed by atoms with E-state index in [0.717, 1.165) is 24.1 Å². The van der Waals surface area contributed by atoms with Crippen LogP contribution < -0.4 is 0 Å². The number of pyridine rings is 1. The Balaban J connectivity index is 1.50. The van der Waals surface area contributed by atoms with E-state index in [1.807, 2.05) is 25.3 Å². The molecule has 1 saturated heterocycles. The van der Waals surface area contributed by atoms with Crippen molar-refractivity contribution in [1.29, 1.82) is 0 Å². The average Bonchev–Trinajstić information content (AvgIpc) is 2.66. The van der Waals surface area contributed by atoms with Crippen molar-refractivity contribution in [3.05, 3.63) is 64.2 Å². The van der Waals surface area contributed by atoms with E-state index < -0.39 is 11.5 Å². The number of carbonyl (C=O) groups excluding carboxylic acids is 1. The number of nitrogens with zero attached hydrogens (tertiary/aromatic N) is 2. The molecule has 0 saturated carbocycles. The largest absolute Gasteiger partial charge is 0.338 e. The second-order valence-corrected chi connectivity index (χ2v) is 7.66. The molecule has 1 fully saturated rings. The van der Waals surface area contributed by atoms with Crippen LogP contribution in [-0.4, -0.2) is 34.5 Å². The Kier molecular flexibility index (Phi) is 6.10. The third kappa shape index (κ3) is 5.04. The van der Waals surface area contributed by atoms with Gasteiger partial charge in [-0.05, 0) is 68.9 Å². The van der Waals surface area contributed by atoms with Crippen LogP contribution in [0.2, 0.25) is 5.02 Å². The maximum Gasteiger partial charge on any atom is 0.253 e. The minimum absolute atomic E-state index is 0.0811. The number of piperidine rings is 1. The summed E-state index contributed by atoms with van der Waals surface area (Å²) in [4.78, 5) is 18.5. The van der Waals surface area contributed by atoms with Crippen LogP contribution in [0.15, 0.2) is 36.5 Å². The van der Waals surface area contributed by atoms with E-state index in [4.69, 9.17) is 11.6 Å². The molecule has 0 atom stereocenters. The van der Waals surface area contributed by atoms with Crippen LogP contribution in [0, 0.1) is 12.7 Å². The van der Waals surface area contributed by atoms with Gasteiger partial charge in [-0.1, -0.05) is 17.7 Å². The zero-order valence-corrected chi connectivity index (χ0v) is 16.1. The van der Waals surface area contributed by atoms with Gasteiger partial charge in [0.05, 0.1) is 5.02 Å². The van der Waals surface area contributed by atoms with Gasteiger partial charge in [0.15, 0.2) is 0 Å². The van der Waals surface area contributed by atoms with Crippen molar-refractivity contribution < 1.29 is 13.6 Å². The fourth-order valence-electron chi connectivity index (χ4n) is 3.40. The third-order valence-electron chi connectivity index (χ3n) is 5.14. The van der Waals surface area contributed by atoms with Crippen molar-refractivity contribution in [2.75, 3.05) is 13.1 Å². The molecule has 0 bridgehead atoms. The Morgan fingerprint density at radius 2 is 2.00 bits per heavy atom. The molecular formula is C21H23ClF2N2O. The van der Waals surface area contributed by atoms with Gasteiger partial charge in [0, 0.05) is 30.5 Å². The topological polar surface area (TPSA) is 33.2 Å². The van der Waals surface area contributed by atoms with Gasteiger partial charge in [-0.25, -0.2) is 8.78 Å². The van der Waals surface area contributed by atoms with Gasteiger partial charge in [0.1, 0.15) is 11.5 Å². The van der Waals surface area contributed by atoms with Crippen LogP contribution >= 0.6 is 11.6 Å². The Morgan fingerprint density at radius 1 is 1.26 bits per heavy atom. The number of benzene rings is 1. The zero-order chi connectivity index (χ0) is 19.4. The number of halogens is 3. The molecular weight excluding hydrogens is 370 g/mol. The molecule has 2 heterocycles. The normalized spacial score (nSPS) is 16.4. The predicted molar refractivity (Wildman–Crippen MR) is 102 cm³/mol. The maximum absolute atomic E-state index is 15.1. The van der Waals surface area contributed by atoms with Gasteiger partial charge >= 0.3 is 0 Å². The fourth-order valence-corrected chi connectivity index (χ4v) is 3.59. The van der Waals surface area contributed by atoms with Gasteiger partial charge in [0.2, 0.25) is 0 Å². The summed E-state index contributed by atoms with van der Waals surface area (Å²) in [6.45, 7) is 2.70. The van der Waals surface area contributed by atoms with Crippen molar-refractivity contribution >= 4 is 17.5 Å². The predicted octanol–water partition coefficient (Wildman–Crippen LogP) is 5.15. The van der Waals surface area contributed by atoms with Crippen LogP contribution in [0.1, 0.15) is 47.3 Å². The van der Waals surface area contributed by atoms with Gasteiger partial charge < -0.3 is 4.90 Å². The molecule has 2 aromatic rings. The summed E-state index contributed by atoms with van der Waals surface area (Å²) < 4.78 is 28.3. The summed E-state index contributed by atoms with van der Waals surface area (Å²) in [5.74, 6) is -0.791. The highest BCUT2D eigenvalue weighted by molar-refractivity contribution is 6.31. The molecule has 0 spiro atoms. The molecule has 1 aliphatic heterocycles. The van der Waals surface area contributed by atoms with E-state index >= 15 is 4.39 Å². The van der Waals surface area contributed by atoms with Crippen molar-refractivity contribution in [3.8, 4) is 0 Å². The Hall–Kier alpha value is -2.01. The Morgan fingerprint density at radius 3 is 2.63 bits per heavy atom. The second kappa shape index (κ2) is 8.34. The van der Waals surface area contributed by atoms with Gasteiger partial charge in [0.25, 0.3) is 5.91 Å². The molecule has 0 aliphatic carbocycles. The lowest BCUT2D eigenvalue weighted by atomic mass is 9.87. The summed E-state index contributed by atoms with van der Waals surface area (Å²) in [6, 6.07) is 7.91. The van der Waals surface area contributed by atoms with Crippen LogP contribution in [0.5, 0.6) is 0 Å². The molecule has 144 valence electrons. The number of rotatable bonds is 5. The molecule has 1 aliphatic rings. The first kappa shape index (κ1) is 19.7. The van der Waals surface area contributed by atoms with Crippen molar-refractivity contribution in [1.82, 2.24) is 9.88 Å².